The highest BCUT2D eigenvalue weighted by Crippen LogP contribution is 2.09. The molecule has 0 saturated carbocycles. The van der Waals surface area contributed by atoms with E-state index in [9.17, 15) is 4.79 Å². The van der Waals surface area contributed by atoms with Crippen LogP contribution in [0.4, 0.5) is 0 Å². The van der Waals surface area contributed by atoms with Crippen molar-refractivity contribution in [1.29, 1.82) is 0 Å². The molecule has 6 heteroatoms. The number of azide groups is 1. The van der Waals surface area contributed by atoms with Gasteiger partial charge in [-0.15, -0.1) is 0 Å². The zero-order valence-corrected chi connectivity index (χ0v) is 10.9. The molecule has 94 valence electrons. The minimum Gasteiger partial charge on any atom is -0.392 e. The fraction of sp³-hybridized carbons (Fsp3) is 0.900. The van der Waals surface area contributed by atoms with Gasteiger partial charge in [-0.2, -0.15) is 0 Å². The third-order valence-corrected chi connectivity index (χ3v) is 2.23. The van der Waals surface area contributed by atoms with Crippen LogP contribution in [0.1, 0.15) is 41.5 Å². The molecule has 0 spiro atoms. The Bertz CT molecular complexity index is 269. The number of carbonyl (C=O) groups is 1. The van der Waals surface area contributed by atoms with Crippen LogP contribution in [-0.4, -0.2) is 28.1 Å². The van der Waals surface area contributed by atoms with E-state index in [2.05, 4.69) is 10.0 Å². The highest BCUT2D eigenvalue weighted by Gasteiger charge is 2.20. The summed E-state index contributed by atoms with van der Waals surface area (Å²) in [6, 6.07) is 0. The third kappa shape index (κ3) is 8.23. The molecule has 0 fully saturated rings. The van der Waals surface area contributed by atoms with E-state index in [0.29, 0.717) is 0 Å². The first-order valence-electron chi connectivity index (χ1n) is 4.99. The maximum absolute atomic E-state index is 10.6. The van der Waals surface area contributed by atoms with Gasteiger partial charge in [0.05, 0.1) is 6.10 Å². The van der Waals surface area contributed by atoms with Crippen LogP contribution in [0.15, 0.2) is 5.11 Å². The summed E-state index contributed by atoms with van der Waals surface area (Å²) in [5.41, 5.74) is 12.1. The van der Waals surface area contributed by atoms with E-state index in [1.807, 2.05) is 0 Å². The van der Waals surface area contributed by atoms with Crippen molar-refractivity contribution in [3.8, 4) is 0 Å². The van der Waals surface area contributed by atoms with Gasteiger partial charge in [-0.05, 0) is 47.1 Å². The van der Waals surface area contributed by atoms with Crippen LogP contribution >= 0.6 is 0 Å². The summed E-state index contributed by atoms with van der Waals surface area (Å²) in [4.78, 5) is 13.1. The van der Waals surface area contributed by atoms with E-state index in [4.69, 9.17) is 16.4 Å². The Balaban J connectivity index is 0. The van der Waals surface area contributed by atoms with Gasteiger partial charge < -0.3 is 10.8 Å². The molecule has 0 aliphatic rings. The summed E-state index contributed by atoms with van der Waals surface area (Å²) in [5.74, 6) is -0.125. The van der Waals surface area contributed by atoms with Gasteiger partial charge in [-0.3, -0.25) is 4.79 Å². The normalized spacial score (nSPS) is 13.0. The van der Waals surface area contributed by atoms with Crippen molar-refractivity contribution in [2.75, 3.05) is 0 Å². The molecule has 16 heavy (non-hydrogen) atoms. The molecule has 0 aromatic heterocycles. The number of hydrogen-bond donors (Lipinski definition) is 2. The average Bonchev–Trinajstić information content (AvgIpc) is 2.02. The van der Waals surface area contributed by atoms with Gasteiger partial charge in [0, 0.05) is 10.5 Å². The minimum absolute atomic E-state index is 0.125. The second-order valence-electron chi connectivity index (χ2n) is 4.80. The number of aliphatic hydroxyl groups excluding tert-OH is 1. The Morgan fingerprint density at radius 2 is 1.75 bits per heavy atom. The fourth-order valence-corrected chi connectivity index (χ4v) is 0.182. The largest absolute Gasteiger partial charge is 0.392 e. The van der Waals surface area contributed by atoms with Crippen molar-refractivity contribution in [2.24, 2.45) is 10.8 Å². The summed E-state index contributed by atoms with van der Waals surface area (Å²) in [7, 11) is 0. The second-order valence-corrected chi connectivity index (χ2v) is 4.80. The van der Waals surface area contributed by atoms with E-state index in [-0.39, 0.29) is 5.78 Å². The summed E-state index contributed by atoms with van der Waals surface area (Å²) in [6.45, 7) is 9.81. The lowest BCUT2D eigenvalue weighted by atomic mass is 10.0. The maximum Gasteiger partial charge on any atom is 0.141 e. The monoisotopic (exact) mass is 230 g/mol. The lowest BCUT2D eigenvalue weighted by Crippen LogP contribution is -2.43. The molecular formula is C10H22N4O2. The van der Waals surface area contributed by atoms with Crippen LogP contribution < -0.4 is 5.73 Å². The van der Waals surface area contributed by atoms with Gasteiger partial charge in [-0.1, -0.05) is 5.11 Å². The summed E-state index contributed by atoms with van der Waals surface area (Å²) < 4.78 is 0. The van der Waals surface area contributed by atoms with E-state index in [1.165, 1.54) is 6.92 Å². The Morgan fingerprint density at radius 1 is 1.44 bits per heavy atom. The molecule has 6 nitrogen and oxygen atoms in total. The number of nitrogens with zero attached hydrogens (tertiary/aromatic N) is 3. The Kier molecular flexibility index (Phi) is 7.00. The van der Waals surface area contributed by atoms with E-state index < -0.39 is 17.2 Å². The zero-order chi connectivity index (χ0) is 13.6. The average molecular weight is 230 g/mol. The Labute approximate surface area is 96.5 Å². The molecule has 1 atom stereocenters. The van der Waals surface area contributed by atoms with Gasteiger partial charge in [0.15, 0.2) is 0 Å². The number of nitrogens with two attached hydrogens (primary N) is 1. The molecule has 0 aromatic rings. The lowest BCUT2D eigenvalue weighted by molar-refractivity contribution is -0.120. The number of rotatable bonds is 3. The van der Waals surface area contributed by atoms with Crippen LogP contribution in [0.5, 0.6) is 0 Å². The van der Waals surface area contributed by atoms with Crippen molar-refractivity contribution in [2.45, 2.75) is 58.7 Å². The molecule has 0 radical (unpaired) electrons. The molecule has 1 unspecified atom stereocenters. The summed E-state index contributed by atoms with van der Waals surface area (Å²) >= 11 is 0. The summed E-state index contributed by atoms with van der Waals surface area (Å²) in [5, 5.41) is 12.1. The van der Waals surface area contributed by atoms with Gasteiger partial charge in [0.25, 0.3) is 0 Å². The molecular weight excluding hydrogens is 208 g/mol. The molecule has 0 rings (SSSR count). The SMILES string of the molecule is CC(=O)C(C)(C)N=[N+]=[N-].CC(O)C(C)(C)N. The first-order chi connectivity index (χ1) is 6.95. The third-order valence-electron chi connectivity index (χ3n) is 2.23. The molecule has 0 aliphatic carbocycles. The van der Waals surface area contributed by atoms with Crippen molar-refractivity contribution in [3.05, 3.63) is 10.4 Å². The van der Waals surface area contributed by atoms with Gasteiger partial charge >= 0.3 is 0 Å². The lowest BCUT2D eigenvalue weighted by Gasteiger charge is -2.21. The van der Waals surface area contributed by atoms with Crippen molar-refractivity contribution in [1.82, 2.24) is 0 Å². The van der Waals surface area contributed by atoms with Crippen molar-refractivity contribution >= 4 is 5.78 Å². The Morgan fingerprint density at radius 3 is 1.81 bits per heavy atom. The number of Topliss-reactive ketones (excluding diaryl/α,β-unsaturated/α-hetero) is 1. The van der Waals surface area contributed by atoms with Crippen LogP contribution in [0.25, 0.3) is 10.4 Å². The van der Waals surface area contributed by atoms with Gasteiger partial charge in [0.1, 0.15) is 11.3 Å². The predicted octanol–water partition coefficient (Wildman–Crippen LogP) is 1.77. The van der Waals surface area contributed by atoms with Crippen LogP contribution in [0.3, 0.4) is 0 Å². The van der Waals surface area contributed by atoms with Crippen LogP contribution in [0.2, 0.25) is 0 Å². The fourth-order valence-electron chi connectivity index (χ4n) is 0.182. The Hall–Kier alpha value is -1.10. The highest BCUT2D eigenvalue weighted by atomic mass is 16.3. The van der Waals surface area contributed by atoms with E-state index in [1.54, 1.807) is 34.6 Å². The standard InChI is InChI=1S/C5H9N3O.C5H13NO/c1-4(9)5(2,3)7-8-6;1-4(7)5(2,3)6/h1-3H3;4,7H,6H2,1-3H3. The smallest absolute Gasteiger partial charge is 0.141 e. The molecule has 0 saturated heterocycles. The first kappa shape index (κ1) is 17.3. The van der Waals surface area contributed by atoms with E-state index >= 15 is 0 Å². The van der Waals surface area contributed by atoms with E-state index in [0.717, 1.165) is 0 Å². The van der Waals surface area contributed by atoms with Crippen LogP contribution in [0, 0.1) is 0 Å². The molecule has 0 heterocycles. The summed E-state index contributed by atoms with van der Waals surface area (Å²) in [6.07, 6.45) is -0.424. The quantitative estimate of drug-likeness (QED) is 0.437. The number of hydrogen-bond acceptors (Lipinski definition) is 4. The van der Waals surface area contributed by atoms with Gasteiger partial charge in [-0.25, -0.2) is 0 Å². The zero-order valence-electron chi connectivity index (χ0n) is 10.9. The van der Waals surface area contributed by atoms with Crippen molar-refractivity contribution < 1.29 is 9.90 Å². The topological polar surface area (TPSA) is 112 Å². The molecule has 0 amide bonds. The molecule has 0 aliphatic heterocycles. The number of carbonyl (C=O) groups excluding carboxylic acids is 1. The van der Waals surface area contributed by atoms with Crippen molar-refractivity contribution in [3.63, 3.8) is 0 Å². The molecule has 0 bridgehead atoms. The second kappa shape index (κ2) is 6.48. The molecule has 3 N–H and O–H groups in total. The highest BCUT2D eigenvalue weighted by molar-refractivity contribution is 5.85. The molecule has 0 aromatic carbocycles. The minimum atomic E-state index is -0.880. The first-order valence-corrected chi connectivity index (χ1v) is 4.99. The number of aliphatic hydroxyl groups is 1. The van der Waals surface area contributed by atoms with Gasteiger partial charge in [0.2, 0.25) is 0 Å². The van der Waals surface area contributed by atoms with Crippen LogP contribution in [-0.2, 0) is 4.79 Å². The predicted molar refractivity (Wildman–Crippen MR) is 63.9 cm³/mol. The maximum atomic E-state index is 10.6. The number of ketones is 1.